The van der Waals surface area contributed by atoms with Crippen molar-refractivity contribution in [1.82, 2.24) is 9.55 Å². The Morgan fingerprint density at radius 3 is 2.35 bits per heavy atom. The number of imidazole rings is 1. The second kappa shape index (κ2) is 8.04. The molecule has 0 radical (unpaired) electrons. The summed E-state index contributed by atoms with van der Waals surface area (Å²) in [6.45, 7) is 0. The van der Waals surface area contributed by atoms with Crippen molar-refractivity contribution in [2.45, 2.75) is 12.0 Å². The van der Waals surface area contributed by atoms with Crippen LogP contribution in [-0.2, 0) is 5.54 Å². The summed E-state index contributed by atoms with van der Waals surface area (Å²) in [4.78, 5) is 17.0. The summed E-state index contributed by atoms with van der Waals surface area (Å²) in [5.41, 5.74) is 4.65. The van der Waals surface area contributed by atoms with E-state index in [9.17, 15) is 4.79 Å². The van der Waals surface area contributed by atoms with E-state index in [0.717, 1.165) is 23.0 Å². The van der Waals surface area contributed by atoms with Crippen molar-refractivity contribution in [3.63, 3.8) is 0 Å². The van der Waals surface area contributed by atoms with E-state index in [0.29, 0.717) is 5.56 Å². The highest BCUT2D eigenvalue weighted by molar-refractivity contribution is 6.04. The molecule has 0 bridgehead atoms. The van der Waals surface area contributed by atoms with Gasteiger partial charge in [-0.3, -0.25) is 4.79 Å². The van der Waals surface area contributed by atoms with E-state index in [-0.39, 0.29) is 11.3 Å². The molecule has 3 heteroatoms. The van der Waals surface area contributed by atoms with Gasteiger partial charge in [-0.25, -0.2) is 4.98 Å². The zero-order chi connectivity index (χ0) is 21.1. The number of carbonyl (C=O) groups is 1. The molecule has 0 amide bonds. The van der Waals surface area contributed by atoms with Gasteiger partial charge in [-0.05, 0) is 35.8 Å². The van der Waals surface area contributed by atoms with Crippen LogP contribution in [0.15, 0.2) is 127 Å². The molecule has 3 aromatic carbocycles. The number of rotatable bonds is 5. The molecule has 4 aromatic rings. The van der Waals surface area contributed by atoms with E-state index in [1.807, 2.05) is 67.0 Å². The molecule has 0 fully saturated rings. The summed E-state index contributed by atoms with van der Waals surface area (Å²) in [6.07, 6.45) is 12.8. The Morgan fingerprint density at radius 2 is 1.61 bits per heavy atom. The first-order chi connectivity index (χ1) is 15.3. The SMILES string of the molecule is O=C(/C=C/C1=CCC(c2ccccc2)(n2cnc3ccccc32)C=C1)c1ccccc1. The number of carbonyl (C=O) groups excluding carboxylic acids is 1. The van der Waals surface area contributed by atoms with Crippen LogP contribution >= 0.6 is 0 Å². The molecule has 1 atom stereocenters. The third-order valence-corrected chi connectivity index (χ3v) is 5.84. The molecule has 3 nitrogen and oxygen atoms in total. The van der Waals surface area contributed by atoms with Crippen LogP contribution in [0.2, 0.25) is 0 Å². The van der Waals surface area contributed by atoms with Crippen LogP contribution in [0.4, 0.5) is 0 Å². The molecule has 150 valence electrons. The van der Waals surface area contributed by atoms with Gasteiger partial charge in [0.25, 0.3) is 0 Å². The van der Waals surface area contributed by atoms with E-state index in [1.165, 1.54) is 5.56 Å². The number of benzene rings is 3. The van der Waals surface area contributed by atoms with Gasteiger partial charge in [0.1, 0.15) is 0 Å². The molecule has 1 heterocycles. The predicted octanol–water partition coefficient (Wildman–Crippen LogP) is 6.11. The monoisotopic (exact) mass is 402 g/mol. The summed E-state index contributed by atoms with van der Waals surface area (Å²) < 4.78 is 2.25. The maximum atomic E-state index is 12.4. The molecule has 0 N–H and O–H groups in total. The first-order valence-electron chi connectivity index (χ1n) is 10.4. The quantitative estimate of drug-likeness (QED) is 0.298. The second-order valence-electron chi connectivity index (χ2n) is 7.70. The van der Waals surface area contributed by atoms with Gasteiger partial charge in [-0.2, -0.15) is 0 Å². The number of para-hydroxylation sites is 2. The lowest BCUT2D eigenvalue weighted by Crippen LogP contribution is -2.33. The van der Waals surface area contributed by atoms with Crippen LogP contribution in [0.25, 0.3) is 11.0 Å². The largest absolute Gasteiger partial charge is 0.316 e. The Balaban J connectivity index is 1.50. The normalized spacial score (nSPS) is 18.4. The Labute approximate surface area is 181 Å². The van der Waals surface area contributed by atoms with E-state index in [2.05, 4.69) is 58.1 Å². The van der Waals surface area contributed by atoms with Gasteiger partial charge in [-0.1, -0.05) is 97.1 Å². The average molecular weight is 402 g/mol. The number of fused-ring (bicyclic) bond motifs is 1. The second-order valence-corrected chi connectivity index (χ2v) is 7.70. The topological polar surface area (TPSA) is 34.9 Å². The summed E-state index contributed by atoms with van der Waals surface area (Å²) in [6, 6.07) is 28.0. The molecular formula is C28H22N2O. The van der Waals surface area contributed by atoms with E-state index in [4.69, 9.17) is 0 Å². The van der Waals surface area contributed by atoms with Gasteiger partial charge in [-0.15, -0.1) is 0 Å². The van der Waals surface area contributed by atoms with Crippen LogP contribution in [0.1, 0.15) is 22.3 Å². The van der Waals surface area contributed by atoms with Crippen molar-refractivity contribution >= 4 is 16.8 Å². The van der Waals surface area contributed by atoms with Gasteiger partial charge in [0.15, 0.2) is 5.78 Å². The Bertz CT molecular complexity index is 1310. The van der Waals surface area contributed by atoms with Gasteiger partial charge in [0.2, 0.25) is 0 Å². The fourth-order valence-corrected chi connectivity index (χ4v) is 4.17. The number of hydrogen-bond acceptors (Lipinski definition) is 2. The minimum absolute atomic E-state index is 0.00963. The van der Waals surface area contributed by atoms with Crippen LogP contribution in [0, 0.1) is 0 Å². The lowest BCUT2D eigenvalue weighted by Gasteiger charge is -2.35. The Kier molecular flexibility index (Phi) is 4.93. The number of nitrogens with zero attached hydrogens (tertiary/aromatic N) is 2. The molecule has 1 unspecified atom stereocenters. The molecule has 5 rings (SSSR count). The summed E-state index contributed by atoms with van der Waals surface area (Å²) in [5.74, 6) is 0.00963. The third kappa shape index (κ3) is 3.55. The van der Waals surface area contributed by atoms with Crippen LogP contribution in [0.3, 0.4) is 0 Å². The highest BCUT2D eigenvalue weighted by atomic mass is 16.1. The maximum Gasteiger partial charge on any atom is 0.185 e. The number of allylic oxidation sites excluding steroid dienone is 6. The van der Waals surface area contributed by atoms with Crippen molar-refractivity contribution in [3.05, 3.63) is 138 Å². The van der Waals surface area contributed by atoms with Crippen molar-refractivity contribution < 1.29 is 4.79 Å². The van der Waals surface area contributed by atoms with Gasteiger partial charge < -0.3 is 4.57 Å². The molecule has 0 saturated heterocycles. The summed E-state index contributed by atoms with van der Waals surface area (Å²) in [5, 5.41) is 0. The first-order valence-corrected chi connectivity index (χ1v) is 10.4. The molecule has 0 spiro atoms. The van der Waals surface area contributed by atoms with E-state index < -0.39 is 0 Å². The number of ketones is 1. The maximum absolute atomic E-state index is 12.4. The first kappa shape index (κ1) is 19.0. The van der Waals surface area contributed by atoms with Crippen LogP contribution < -0.4 is 0 Å². The predicted molar refractivity (Wildman–Crippen MR) is 125 cm³/mol. The fourth-order valence-electron chi connectivity index (χ4n) is 4.17. The number of hydrogen-bond donors (Lipinski definition) is 0. The standard InChI is InChI=1S/C28H22N2O/c31-27(23-9-3-1-4-10-23)16-15-22-17-19-28(20-18-22,24-11-5-2-6-12-24)30-21-29-25-13-7-8-14-26(25)30/h1-19,21H,20H2/b16-15+. The Morgan fingerprint density at radius 1 is 0.903 bits per heavy atom. The molecule has 1 aliphatic carbocycles. The zero-order valence-corrected chi connectivity index (χ0v) is 17.1. The lowest BCUT2D eigenvalue weighted by molar-refractivity contribution is 0.104. The van der Waals surface area contributed by atoms with Crippen molar-refractivity contribution in [2.24, 2.45) is 0 Å². The van der Waals surface area contributed by atoms with Crippen LogP contribution in [0.5, 0.6) is 0 Å². The molecule has 0 aliphatic heterocycles. The van der Waals surface area contributed by atoms with Crippen LogP contribution in [-0.4, -0.2) is 15.3 Å². The minimum atomic E-state index is -0.363. The Hall–Kier alpha value is -3.98. The van der Waals surface area contributed by atoms with Crippen molar-refractivity contribution in [2.75, 3.05) is 0 Å². The van der Waals surface area contributed by atoms with Crippen molar-refractivity contribution in [1.29, 1.82) is 0 Å². The van der Waals surface area contributed by atoms with Crippen molar-refractivity contribution in [3.8, 4) is 0 Å². The van der Waals surface area contributed by atoms with Gasteiger partial charge in [0.05, 0.1) is 22.9 Å². The third-order valence-electron chi connectivity index (χ3n) is 5.84. The summed E-state index contributed by atoms with van der Waals surface area (Å²) in [7, 11) is 0. The molecule has 0 saturated carbocycles. The average Bonchev–Trinajstić information content (AvgIpc) is 3.29. The fraction of sp³-hybridized carbons (Fsp3) is 0.0714. The van der Waals surface area contributed by atoms with E-state index in [1.54, 1.807) is 6.08 Å². The minimum Gasteiger partial charge on any atom is -0.316 e. The molecule has 31 heavy (non-hydrogen) atoms. The molecular weight excluding hydrogens is 380 g/mol. The van der Waals surface area contributed by atoms with E-state index >= 15 is 0 Å². The highest BCUT2D eigenvalue weighted by Gasteiger charge is 2.33. The zero-order valence-electron chi connectivity index (χ0n) is 17.1. The van der Waals surface area contributed by atoms with Gasteiger partial charge in [0, 0.05) is 5.56 Å². The highest BCUT2D eigenvalue weighted by Crippen LogP contribution is 2.38. The summed E-state index contributed by atoms with van der Waals surface area (Å²) >= 11 is 0. The molecule has 1 aliphatic rings. The van der Waals surface area contributed by atoms with Gasteiger partial charge >= 0.3 is 0 Å². The molecule has 1 aromatic heterocycles. The number of aromatic nitrogens is 2. The lowest BCUT2D eigenvalue weighted by atomic mass is 9.81. The smallest absolute Gasteiger partial charge is 0.185 e.